The molecular formula is C18H18F2N2O4. The minimum Gasteiger partial charge on any atom is -0.445 e. The van der Waals surface area contributed by atoms with Crippen LogP contribution in [0.3, 0.4) is 0 Å². The summed E-state index contributed by atoms with van der Waals surface area (Å²) in [4.78, 5) is 11.9. The Morgan fingerprint density at radius 2 is 2.04 bits per heavy atom. The summed E-state index contributed by atoms with van der Waals surface area (Å²) in [6, 6.07) is 11.1. The monoisotopic (exact) mass is 364 g/mol. The first-order valence-electron chi connectivity index (χ1n) is 7.97. The number of nitrogens with one attached hydrogen (secondary N) is 2. The van der Waals surface area contributed by atoms with E-state index in [9.17, 15) is 18.7 Å². The molecule has 3 atom stereocenters. The van der Waals surface area contributed by atoms with Gasteiger partial charge in [0.1, 0.15) is 18.2 Å². The average molecular weight is 364 g/mol. The molecule has 1 fully saturated rings. The first kappa shape index (κ1) is 18.2. The number of hydrogen-bond donors (Lipinski definition) is 3. The van der Waals surface area contributed by atoms with Crippen molar-refractivity contribution in [2.24, 2.45) is 0 Å². The molecule has 26 heavy (non-hydrogen) atoms. The lowest BCUT2D eigenvalue weighted by molar-refractivity contribution is -0.210. The average Bonchev–Trinajstić information content (AvgIpc) is 2.88. The number of carbonyl (C=O) groups is 1. The van der Waals surface area contributed by atoms with Gasteiger partial charge in [-0.3, -0.25) is 10.6 Å². The first-order valence-corrected chi connectivity index (χ1v) is 7.97. The zero-order chi connectivity index (χ0) is 18.7. The minimum atomic E-state index is -2.07. The number of carbonyl (C=O) groups excluding carboxylic acids is 1. The predicted octanol–water partition coefficient (Wildman–Crippen LogP) is 2.33. The molecule has 0 saturated carbocycles. The Labute approximate surface area is 148 Å². The molecule has 3 N–H and O–H groups in total. The van der Waals surface area contributed by atoms with Gasteiger partial charge < -0.3 is 14.6 Å². The van der Waals surface area contributed by atoms with Crippen molar-refractivity contribution in [3.05, 3.63) is 71.3 Å². The van der Waals surface area contributed by atoms with Crippen LogP contribution in [0.1, 0.15) is 18.1 Å². The third-order valence-corrected chi connectivity index (χ3v) is 4.06. The highest BCUT2D eigenvalue weighted by Gasteiger charge is 2.48. The van der Waals surface area contributed by atoms with E-state index in [1.165, 1.54) is 0 Å². The largest absolute Gasteiger partial charge is 0.445 e. The van der Waals surface area contributed by atoms with E-state index < -0.39 is 35.9 Å². The van der Waals surface area contributed by atoms with E-state index >= 15 is 0 Å². The Morgan fingerprint density at radius 1 is 1.31 bits per heavy atom. The molecule has 8 heteroatoms. The van der Waals surface area contributed by atoms with E-state index in [0.717, 1.165) is 17.7 Å². The van der Waals surface area contributed by atoms with Gasteiger partial charge >= 0.3 is 6.09 Å². The van der Waals surface area contributed by atoms with Gasteiger partial charge in [0.25, 0.3) is 0 Å². The lowest BCUT2D eigenvalue weighted by Crippen LogP contribution is -2.44. The molecule has 1 aliphatic rings. The van der Waals surface area contributed by atoms with Gasteiger partial charge in [-0.2, -0.15) is 0 Å². The minimum absolute atomic E-state index is 0.0613. The quantitative estimate of drug-likeness (QED) is 0.776. The summed E-state index contributed by atoms with van der Waals surface area (Å²) in [5.41, 5.74) is 0.571. The van der Waals surface area contributed by atoms with Gasteiger partial charge in [0.2, 0.25) is 5.79 Å². The van der Waals surface area contributed by atoms with Gasteiger partial charge in [-0.15, -0.1) is 0 Å². The fraction of sp³-hybridized carbons (Fsp3) is 0.278. The van der Waals surface area contributed by atoms with Crippen LogP contribution in [0.15, 0.2) is 48.5 Å². The van der Waals surface area contributed by atoms with Crippen LogP contribution in [-0.2, 0) is 21.9 Å². The Bertz CT molecular complexity index is 790. The molecule has 6 nitrogen and oxygen atoms in total. The van der Waals surface area contributed by atoms with E-state index in [0.29, 0.717) is 6.07 Å². The second-order valence-corrected chi connectivity index (χ2v) is 5.91. The summed E-state index contributed by atoms with van der Waals surface area (Å²) in [5, 5.41) is 15.8. The van der Waals surface area contributed by atoms with E-state index in [4.69, 9.17) is 9.47 Å². The van der Waals surface area contributed by atoms with Gasteiger partial charge in [-0.05, 0) is 24.6 Å². The maximum absolute atomic E-state index is 14.0. The third kappa shape index (κ3) is 3.82. The Kier molecular flexibility index (Phi) is 5.17. The Balaban J connectivity index is 1.62. The summed E-state index contributed by atoms with van der Waals surface area (Å²) in [7, 11) is 0. The molecule has 0 aliphatic carbocycles. The van der Waals surface area contributed by atoms with Gasteiger partial charge in [-0.1, -0.05) is 30.3 Å². The van der Waals surface area contributed by atoms with Crippen molar-refractivity contribution in [3.8, 4) is 0 Å². The van der Waals surface area contributed by atoms with Crippen molar-refractivity contribution < 1.29 is 28.2 Å². The van der Waals surface area contributed by atoms with Crippen molar-refractivity contribution in [3.63, 3.8) is 0 Å². The SMILES string of the molecule is C[C@@H]1NC(NC(=O)OCc2ccccc2)OC1(O)c1ccc(F)cc1F. The zero-order valence-electron chi connectivity index (χ0n) is 13.9. The van der Waals surface area contributed by atoms with Crippen molar-refractivity contribution in [1.29, 1.82) is 0 Å². The van der Waals surface area contributed by atoms with Crippen molar-refractivity contribution in [1.82, 2.24) is 10.6 Å². The predicted molar refractivity (Wildman–Crippen MR) is 87.5 cm³/mol. The molecule has 138 valence electrons. The molecule has 1 aliphatic heterocycles. The van der Waals surface area contributed by atoms with Gasteiger partial charge in [0, 0.05) is 11.6 Å². The molecule has 0 bridgehead atoms. The number of alkyl carbamates (subject to hydrolysis) is 1. The highest BCUT2D eigenvalue weighted by Crippen LogP contribution is 2.34. The molecular weight excluding hydrogens is 346 g/mol. The number of halogens is 2. The summed E-state index contributed by atoms with van der Waals surface area (Å²) in [6.07, 6.45) is -1.88. The Morgan fingerprint density at radius 3 is 2.73 bits per heavy atom. The van der Waals surface area contributed by atoms with E-state index in [2.05, 4.69) is 10.6 Å². The van der Waals surface area contributed by atoms with E-state index in [1.807, 2.05) is 18.2 Å². The lowest BCUT2D eigenvalue weighted by Gasteiger charge is -2.26. The molecule has 1 heterocycles. The molecule has 0 aromatic heterocycles. The maximum atomic E-state index is 14.0. The third-order valence-electron chi connectivity index (χ3n) is 4.06. The molecule has 0 radical (unpaired) electrons. The molecule has 0 spiro atoms. The molecule has 1 saturated heterocycles. The lowest BCUT2D eigenvalue weighted by atomic mass is 9.99. The smallest absolute Gasteiger partial charge is 0.410 e. The molecule has 1 amide bonds. The van der Waals surface area contributed by atoms with Gasteiger partial charge in [-0.25, -0.2) is 13.6 Å². The van der Waals surface area contributed by atoms with Crippen LogP contribution in [-0.4, -0.2) is 23.6 Å². The van der Waals surface area contributed by atoms with Crippen LogP contribution in [0.4, 0.5) is 13.6 Å². The first-order chi connectivity index (χ1) is 12.4. The van der Waals surface area contributed by atoms with Crippen molar-refractivity contribution >= 4 is 6.09 Å². The number of hydrogen-bond acceptors (Lipinski definition) is 5. The standard InChI is InChI=1S/C18H18F2N2O4/c1-11-18(24,14-8-7-13(19)9-15(14)20)26-16(21-11)22-17(23)25-10-12-5-3-2-4-6-12/h2-9,11,16,21,24H,10H2,1H3,(H,22,23)/t11-,16?,18?/m0/s1. The number of amides is 1. The van der Waals surface area contributed by atoms with Crippen LogP contribution in [0, 0.1) is 11.6 Å². The number of aliphatic hydroxyl groups is 1. The van der Waals surface area contributed by atoms with Crippen molar-refractivity contribution in [2.45, 2.75) is 31.7 Å². The summed E-state index contributed by atoms with van der Waals surface area (Å²) in [5.74, 6) is -3.80. The van der Waals surface area contributed by atoms with Crippen LogP contribution in [0.2, 0.25) is 0 Å². The summed E-state index contributed by atoms with van der Waals surface area (Å²) < 4.78 is 37.5. The van der Waals surface area contributed by atoms with Crippen LogP contribution in [0.25, 0.3) is 0 Å². The topological polar surface area (TPSA) is 79.8 Å². The van der Waals surface area contributed by atoms with E-state index in [-0.39, 0.29) is 12.2 Å². The summed E-state index contributed by atoms with van der Waals surface area (Å²) >= 11 is 0. The number of rotatable bonds is 4. The number of ether oxygens (including phenoxy) is 2. The highest BCUT2D eigenvalue weighted by atomic mass is 19.1. The Hall–Kier alpha value is -2.55. The van der Waals surface area contributed by atoms with Crippen LogP contribution >= 0.6 is 0 Å². The van der Waals surface area contributed by atoms with Crippen LogP contribution in [0.5, 0.6) is 0 Å². The maximum Gasteiger partial charge on any atom is 0.410 e. The van der Waals surface area contributed by atoms with Gasteiger partial charge in [0.15, 0.2) is 6.35 Å². The second kappa shape index (κ2) is 7.36. The van der Waals surface area contributed by atoms with Crippen LogP contribution < -0.4 is 10.6 Å². The van der Waals surface area contributed by atoms with Crippen molar-refractivity contribution in [2.75, 3.05) is 0 Å². The second-order valence-electron chi connectivity index (χ2n) is 5.91. The van der Waals surface area contributed by atoms with Gasteiger partial charge in [0.05, 0.1) is 6.04 Å². The fourth-order valence-corrected chi connectivity index (χ4v) is 2.68. The molecule has 3 rings (SSSR count). The normalized spacial score (nSPS) is 25.1. The fourth-order valence-electron chi connectivity index (χ4n) is 2.68. The molecule has 2 aromatic carbocycles. The molecule has 2 aromatic rings. The molecule has 2 unspecified atom stereocenters. The number of benzene rings is 2. The van der Waals surface area contributed by atoms with E-state index in [1.54, 1.807) is 19.1 Å². The summed E-state index contributed by atoms with van der Waals surface area (Å²) in [6.45, 7) is 1.60. The highest BCUT2D eigenvalue weighted by molar-refractivity contribution is 5.67. The zero-order valence-corrected chi connectivity index (χ0v) is 13.9.